The van der Waals surface area contributed by atoms with Gasteiger partial charge in [-0.05, 0) is 25.0 Å². The lowest BCUT2D eigenvalue weighted by atomic mass is 10.1. The van der Waals surface area contributed by atoms with Gasteiger partial charge in [0, 0.05) is 31.7 Å². The van der Waals surface area contributed by atoms with Gasteiger partial charge in [-0.15, -0.1) is 0 Å². The van der Waals surface area contributed by atoms with Crippen molar-refractivity contribution in [3.05, 3.63) is 35.9 Å². The van der Waals surface area contributed by atoms with Gasteiger partial charge < -0.3 is 20.1 Å². The summed E-state index contributed by atoms with van der Waals surface area (Å²) in [5.74, 6) is -0.466. The number of ether oxygens (including phenoxy) is 1. The van der Waals surface area contributed by atoms with Crippen molar-refractivity contribution in [2.45, 2.75) is 31.0 Å². The number of benzene rings is 1. The van der Waals surface area contributed by atoms with Crippen LogP contribution in [0, 0.1) is 0 Å². The molecule has 26 heavy (non-hydrogen) atoms. The Labute approximate surface area is 153 Å². The van der Waals surface area contributed by atoms with Crippen molar-refractivity contribution >= 4 is 11.8 Å². The van der Waals surface area contributed by atoms with Crippen molar-refractivity contribution in [2.24, 2.45) is 0 Å². The van der Waals surface area contributed by atoms with E-state index < -0.39 is 6.10 Å². The average Bonchev–Trinajstić information content (AvgIpc) is 3.08. The Kier molecular flexibility index (Phi) is 6.24. The molecule has 1 heterocycles. The van der Waals surface area contributed by atoms with Crippen LogP contribution in [-0.4, -0.2) is 84.8 Å². The van der Waals surface area contributed by atoms with Crippen LogP contribution in [0.2, 0.25) is 0 Å². The van der Waals surface area contributed by atoms with Crippen LogP contribution in [0.3, 0.4) is 0 Å². The zero-order chi connectivity index (χ0) is 18.5. The molecule has 3 rings (SSSR count). The Morgan fingerprint density at radius 3 is 2.62 bits per heavy atom. The van der Waals surface area contributed by atoms with Gasteiger partial charge in [0.05, 0.1) is 31.9 Å². The van der Waals surface area contributed by atoms with Gasteiger partial charge in [-0.3, -0.25) is 14.5 Å². The molecule has 7 nitrogen and oxygen atoms in total. The summed E-state index contributed by atoms with van der Waals surface area (Å²) in [6.07, 6.45) is 1.05. The third kappa shape index (κ3) is 4.23. The Morgan fingerprint density at radius 2 is 1.92 bits per heavy atom. The highest BCUT2D eigenvalue weighted by Gasteiger charge is 2.41. The number of nitrogens with one attached hydrogen (secondary N) is 1. The molecule has 0 bridgehead atoms. The maximum Gasteiger partial charge on any atom is 0.251 e. The molecular formula is C19H27N3O4. The number of hydrogen-bond acceptors (Lipinski definition) is 5. The quantitative estimate of drug-likeness (QED) is 0.777. The molecule has 142 valence electrons. The third-order valence-corrected chi connectivity index (χ3v) is 5.39. The molecule has 0 spiro atoms. The van der Waals surface area contributed by atoms with E-state index in [0.717, 1.165) is 25.9 Å². The monoisotopic (exact) mass is 361 g/mol. The maximum atomic E-state index is 12.5. The first-order valence-electron chi connectivity index (χ1n) is 9.16. The number of carbonyl (C=O) groups is 2. The van der Waals surface area contributed by atoms with E-state index in [0.29, 0.717) is 18.8 Å². The normalized spacial score (nSPS) is 26.5. The minimum atomic E-state index is -0.577. The van der Waals surface area contributed by atoms with Crippen molar-refractivity contribution < 1.29 is 19.4 Å². The first kappa shape index (κ1) is 18.8. The second-order valence-electron chi connectivity index (χ2n) is 6.90. The van der Waals surface area contributed by atoms with Gasteiger partial charge >= 0.3 is 0 Å². The third-order valence-electron chi connectivity index (χ3n) is 5.39. The van der Waals surface area contributed by atoms with Gasteiger partial charge in [-0.1, -0.05) is 18.2 Å². The lowest BCUT2D eigenvalue weighted by Gasteiger charge is -2.36. The van der Waals surface area contributed by atoms with E-state index in [1.165, 1.54) is 0 Å². The second-order valence-corrected chi connectivity index (χ2v) is 6.90. The molecule has 1 saturated heterocycles. The van der Waals surface area contributed by atoms with Crippen molar-refractivity contribution in [1.82, 2.24) is 15.1 Å². The highest BCUT2D eigenvalue weighted by molar-refractivity contribution is 5.96. The van der Waals surface area contributed by atoms with Crippen molar-refractivity contribution in [3.63, 3.8) is 0 Å². The summed E-state index contributed by atoms with van der Waals surface area (Å²) < 4.78 is 5.37. The smallest absolute Gasteiger partial charge is 0.251 e. The van der Waals surface area contributed by atoms with Crippen LogP contribution >= 0.6 is 0 Å². The fraction of sp³-hybridized carbons (Fsp3) is 0.579. The van der Waals surface area contributed by atoms with Gasteiger partial charge in [0.2, 0.25) is 5.91 Å². The lowest BCUT2D eigenvalue weighted by Crippen LogP contribution is -2.52. The molecule has 0 unspecified atom stereocenters. The summed E-state index contributed by atoms with van der Waals surface area (Å²) in [6.45, 7) is 2.94. The van der Waals surface area contributed by atoms with Crippen LogP contribution in [0.25, 0.3) is 0 Å². The first-order chi connectivity index (χ1) is 12.6. The van der Waals surface area contributed by atoms with E-state index in [9.17, 15) is 14.7 Å². The standard InChI is InChI=1S/C19H27N3O4/c1-21(17(23)13-20-19(25)14-5-3-2-4-6-14)15-7-8-16(18(15)24)22-9-11-26-12-10-22/h2-6,15-16,18,24H,7-13H2,1H3,(H,20,25)/t15-,16-,18-/m1/s1. The minimum absolute atomic E-state index is 0.0676. The highest BCUT2D eigenvalue weighted by Crippen LogP contribution is 2.28. The highest BCUT2D eigenvalue weighted by atomic mass is 16.5. The topological polar surface area (TPSA) is 82.1 Å². The molecule has 1 aromatic rings. The second kappa shape index (κ2) is 8.62. The van der Waals surface area contributed by atoms with E-state index in [1.807, 2.05) is 6.07 Å². The SMILES string of the molecule is CN(C(=O)CNC(=O)c1ccccc1)[C@@H]1CC[C@@H](N2CCOCC2)[C@@H]1O. The Morgan fingerprint density at radius 1 is 1.23 bits per heavy atom. The fourth-order valence-electron chi connectivity index (χ4n) is 3.83. The number of likely N-dealkylation sites (N-methyl/N-ethyl adjacent to an activating group) is 1. The number of aliphatic hydroxyl groups excluding tert-OH is 1. The molecule has 0 radical (unpaired) electrons. The molecule has 1 aromatic carbocycles. The van der Waals surface area contributed by atoms with E-state index in [1.54, 1.807) is 36.2 Å². The van der Waals surface area contributed by atoms with Crippen molar-refractivity contribution in [3.8, 4) is 0 Å². The molecule has 2 aliphatic rings. The Hall–Kier alpha value is -1.96. The molecule has 3 atom stereocenters. The van der Waals surface area contributed by atoms with Gasteiger partial charge in [0.15, 0.2) is 0 Å². The molecule has 1 aliphatic heterocycles. The Bertz CT molecular complexity index is 618. The summed E-state index contributed by atoms with van der Waals surface area (Å²) in [7, 11) is 1.70. The van der Waals surface area contributed by atoms with E-state index >= 15 is 0 Å². The van der Waals surface area contributed by atoms with Crippen LogP contribution < -0.4 is 5.32 Å². The minimum Gasteiger partial charge on any atom is -0.389 e. The van der Waals surface area contributed by atoms with Crippen LogP contribution in [-0.2, 0) is 9.53 Å². The molecule has 2 amide bonds. The van der Waals surface area contributed by atoms with Gasteiger partial charge in [-0.25, -0.2) is 0 Å². The fourth-order valence-corrected chi connectivity index (χ4v) is 3.83. The first-order valence-corrected chi connectivity index (χ1v) is 9.16. The van der Waals surface area contributed by atoms with E-state index in [4.69, 9.17) is 4.74 Å². The number of rotatable bonds is 5. The van der Waals surface area contributed by atoms with Crippen LogP contribution in [0.5, 0.6) is 0 Å². The maximum absolute atomic E-state index is 12.5. The zero-order valence-corrected chi connectivity index (χ0v) is 15.1. The number of amides is 2. The largest absolute Gasteiger partial charge is 0.389 e. The van der Waals surface area contributed by atoms with Gasteiger partial charge in [-0.2, -0.15) is 0 Å². The molecular weight excluding hydrogens is 334 g/mol. The van der Waals surface area contributed by atoms with Gasteiger partial charge in [0.25, 0.3) is 5.91 Å². The number of nitrogens with zero attached hydrogens (tertiary/aromatic N) is 2. The number of morpholine rings is 1. The summed E-state index contributed by atoms with van der Waals surface area (Å²) >= 11 is 0. The predicted octanol–water partition coefficient (Wildman–Crippen LogP) is 0.0989. The number of aliphatic hydroxyl groups is 1. The summed E-state index contributed by atoms with van der Waals surface area (Å²) in [5, 5.41) is 13.4. The Balaban J connectivity index is 1.51. The summed E-state index contributed by atoms with van der Waals surface area (Å²) in [5.41, 5.74) is 0.524. The number of hydrogen-bond donors (Lipinski definition) is 2. The van der Waals surface area contributed by atoms with Crippen molar-refractivity contribution in [2.75, 3.05) is 39.9 Å². The summed E-state index contributed by atoms with van der Waals surface area (Å²) in [6, 6.07) is 8.66. The predicted molar refractivity (Wildman–Crippen MR) is 96.8 cm³/mol. The van der Waals surface area contributed by atoms with Crippen molar-refractivity contribution in [1.29, 1.82) is 0 Å². The molecule has 2 fully saturated rings. The van der Waals surface area contributed by atoms with E-state index in [2.05, 4.69) is 10.2 Å². The average molecular weight is 361 g/mol. The molecule has 7 heteroatoms. The number of carbonyl (C=O) groups excluding carboxylic acids is 2. The van der Waals surface area contributed by atoms with Crippen LogP contribution in [0.4, 0.5) is 0 Å². The molecule has 0 aromatic heterocycles. The lowest BCUT2D eigenvalue weighted by molar-refractivity contribution is -0.133. The molecule has 1 saturated carbocycles. The zero-order valence-electron chi connectivity index (χ0n) is 15.1. The van der Waals surface area contributed by atoms with Crippen LogP contribution in [0.1, 0.15) is 23.2 Å². The van der Waals surface area contributed by atoms with E-state index in [-0.39, 0.29) is 30.4 Å². The van der Waals surface area contributed by atoms with Gasteiger partial charge in [0.1, 0.15) is 0 Å². The molecule has 1 aliphatic carbocycles. The van der Waals surface area contributed by atoms with Crippen LogP contribution in [0.15, 0.2) is 30.3 Å². The summed E-state index contributed by atoms with van der Waals surface area (Å²) in [4.78, 5) is 28.4. The molecule has 2 N–H and O–H groups in total.